The lowest BCUT2D eigenvalue weighted by molar-refractivity contribution is -0.142. The van der Waals surface area contributed by atoms with Gasteiger partial charge in [-0.3, -0.25) is 0 Å². The highest BCUT2D eigenvalue weighted by atomic mass is 16.7. The Kier molecular flexibility index (Phi) is 4.23. The summed E-state index contributed by atoms with van der Waals surface area (Å²) >= 11 is 0. The van der Waals surface area contributed by atoms with Crippen molar-refractivity contribution in [3.05, 3.63) is 23.9 Å². The maximum atomic E-state index is 10.3. The first-order chi connectivity index (χ1) is 7.51. The second-order valence-corrected chi connectivity index (χ2v) is 3.82. The number of nitrogen functional groups attached to an aromatic ring is 1. The van der Waals surface area contributed by atoms with E-state index in [-0.39, 0.29) is 6.42 Å². The van der Waals surface area contributed by atoms with Crippen molar-refractivity contribution in [3.8, 4) is 0 Å². The first kappa shape index (κ1) is 12.9. The minimum atomic E-state index is -1.13. The molecule has 5 heteroatoms. The lowest BCUT2D eigenvalue weighted by atomic mass is 9.92. The molecule has 0 radical (unpaired) electrons. The number of anilines is 1. The van der Waals surface area contributed by atoms with Crippen molar-refractivity contribution in [2.75, 3.05) is 20.0 Å². The standard InChI is InChI=1S/C11H18N2O3/c1-11(14,7-9(15-2)16-3)8-5-4-6-13-10(8)12/h4-6,9,14H,7H2,1-3H3,(H2,12,13). The zero-order chi connectivity index (χ0) is 12.2. The van der Waals surface area contributed by atoms with Crippen LogP contribution in [0.1, 0.15) is 18.9 Å². The van der Waals surface area contributed by atoms with E-state index in [1.807, 2.05) is 0 Å². The molecule has 0 saturated heterocycles. The van der Waals surface area contributed by atoms with Crippen LogP contribution in [0.5, 0.6) is 0 Å². The topological polar surface area (TPSA) is 77.6 Å². The molecule has 0 fully saturated rings. The number of aliphatic hydroxyl groups is 1. The molecule has 0 amide bonds. The molecule has 0 saturated carbocycles. The third kappa shape index (κ3) is 2.91. The first-order valence-corrected chi connectivity index (χ1v) is 5.00. The third-order valence-electron chi connectivity index (χ3n) is 2.51. The first-order valence-electron chi connectivity index (χ1n) is 5.00. The molecular formula is C11H18N2O3. The molecule has 1 heterocycles. The number of rotatable bonds is 5. The summed E-state index contributed by atoms with van der Waals surface area (Å²) in [4.78, 5) is 3.94. The largest absolute Gasteiger partial charge is 0.385 e. The minimum Gasteiger partial charge on any atom is -0.385 e. The normalized spacial score (nSPS) is 15.1. The maximum absolute atomic E-state index is 10.3. The molecule has 1 aromatic heterocycles. The predicted octanol–water partition coefficient (Wildman–Crippen LogP) is 0.880. The molecule has 0 bridgehead atoms. The number of nitrogens with zero attached hydrogens (tertiary/aromatic N) is 1. The van der Waals surface area contributed by atoms with Crippen molar-refractivity contribution in [2.24, 2.45) is 0 Å². The van der Waals surface area contributed by atoms with Gasteiger partial charge in [-0.15, -0.1) is 0 Å². The second-order valence-electron chi connectivity index (χ2n) is 3.82. The fourth-order valence-electron chi connectivity index (χ4n) is 1.57. The van der Waals surface area contributed by atoms with E-state index in [4.69, 9.17) is 15.2 Å². The number of aromatic nitrogens is 1. The van der Waals surface area contributed by atoms with E-state index < -0.39 is 11.9 Å². The Morgan fingerprint density at radius 1 is 1.50 bits per heavy atom. The van der Waals surface area contributed by atoms with E-state index in [1.54, 1.807) is 25.3 Å². The summed E-state index contributed by atoms with van der Waals surface area (Å²) in [7, 11) is 3.05. The van der Waals surface area contributed by atoms with Crippen LogP contribution in [0.3, 0.4) is 0 Å². The van der Waals surface area contributed by atoms with E-state index in [2.05, 4.69) is 4.98 Å². The van der Waals surface area contributed by atoms with Gasteiger partial charge in [-0.25, -0.2) is 4.98 Å². The van der Waals surface area contributed by atoms with Crippen LogP contribution in [0.4, 0.5) is 5.82 Å². The highest BCUT2D eigenvalue weighted by Gasteiger charge is 2.29. The van der Waals surface area contributed by atoms with E-state index in [0.29, 0.717) is 11.4 Å². The molecular weight excluding hydrogens is 208 g/mol. The average Bonchev–Trinajstić information content (AvgIpc) is 2.26. The molecule has 90 valence electrons. The van der Waals surface area contributed by atoms with Crippen LogP contribution in [0.15, 0.2) is 18.3 Å². The lowest BCUT2D eigenvalue weighted by Gasteiger charge is -2.28. The number of pyridine rings is 1. The van der Waals surface area contributed by atoms with Crippen molar-refractivity contribution in [3.63, 3.8) is 0 Å². The molecule has 0 spiro atoms. The summed E-state index contributed by atoms with van der Waals surface area (Å²) in [6.07, 6.45) is 1.39. The quantitative estimate of drug-likeness (QED) is 0.729. The van der Waals surface area contributed by atoms with E-state index in [1.165, 1.54) is 14.2 Å². The monoisotopic (exact) mass is 226 g/mol. The molecule has 3 N–H and O–H groups in total. The van der Waals surface area contributed by atoms with Gasteiger partial charge in [0.1, 0.15) is 5.82 Å². The van der Waals surface area contributed by atoms with E-state index in [0.717, 1.165) is 0 Å². The minimum absolute atomic E-state index is 0.288. The van der Waals surface area contributed by atoms with Crippen LogP contribution in [0, 0.1) is 0 Å². The van der Waals surface area contributed by atoms with Crippen LogP contribution < -0.4 is 5.73 Å². The Hall–Kier alpha value is -1.17. The van der Waals surface area contributed by atoms with Crippen molar-refractivity contribution in [1.82, 2.24) is 4.98 Å². The van der Waals surface area contributed by atoms with Crippen molar-refractivity contribution >= 4 is 5.82 Å². The Morgan fingerprint density at radius 3 is 2.62 bits per heavy atom. The fourth-order valence-corrected chi connectivity index (χ4v) is 1.57. The Morgan fingerprint density at radius 2 is 2.12 bits per heavy atom. The summed E-state index contributed by atoms with van der Waals surface area (Å²) in [5, 5.41) is 10.3. The summed E-state index contributed by atoms with van der Waals surface area (Å²) in [6.45, 7) is 1.66. The summed E-state index contributed by atoms with van der Waals surface area (Å²) < 4.78 is 10.1. The summed E-state index contributed by atoms with van der Waals surface area (Å²) in [5.41, 5.74) is 5.16. The van der Waals surface area contributed by atoms with Gasteiger partial charge in [0.25, 0.3) is 0 Å². The zero-order valence-corrected chi connectivity index (χ0v) is 9.80. The second kappa shape index (κ2) is 5.25. The van der Waals surface area contributed by atoms with Crippen molar-refractivity contribution in [2.45, 2.75) is 25.2 Å². The highest BCUT2D eigenvalue weighted by Crippen LogP contribution is 2.29. The molecule has 0 aliphatic carbocycles. The Bertz CT molecular complexity index is 338. The van der Waals surface area contributed by atoms with Gasteiger partial charge in [0, 0.05) is 32.4 Å². The number of hydrogen-bond acceptors (Lipinski definition) is 5. The van der Waals surface area contributed by atoms with E-state index >= 15 is 0 Å². The molecule has 1 unspecified atom stereocenters. The van der Waals surface area contributed by atoms with Crippen molar-refractivity contribution < 1.29 is 14.6 Å². The third-order valence-corrected chi connectivity index (χ3v) is 2.51. The van der Waals surface area contributed by atoms with Crippen LogP contribution >= 0.6 is 0 Å². The van der Waals surface area contributed by atoms with Gasteiger partial charge in [0.15, 0.2) is 6.29 Å². The van der Waals surface area contributed by atoms with Gasteiger partial charge in [-0.1, -0.05) is 6.07 Å². The molecule has 0 aliphatic heterocycles. The Labute approximate surface area is 95.2 Å². The van der Waals surface area contributed by atoms with Gasteiger partial charge in [0.2, 0.25) is 0 Å². The molecule has 16 heavy (non-hydrogen) atoms. The summed E-state index contributed by atoms with van der Waals surface area (Å²) in [5.74, 6) is 0.318. The Balaban J connectivity index is 2.89. The van der Waals surface area contributed by atoms with Gasteiger partial charge in [0.05, 0.1) is 5.60 Å². The molecule has 0 aromatic carbocycles. The number of hydrogen-bond donors (Lipinski definition) is 2. The smallest absolute Gasteiger partial charge is 0.159 e. The van der Waals surface area contributed by atoms with E-state index in [9.17, 15) is 5.11 Å². The van der Waals surface area contributed by atoms with Crippen LogP contribution in [-0.4, -0.2) is 30.6 Å². The highest BCUT2D eigenvalue weighted by molar-refractivity contribution is 5.42. The van der Waals surface area contributed by atoms with Crippen LogP contribution in [0.2, 0.25) is 0 Å². The lowest BCUT2D eigenvalue weighted by Crippen LogP contribution is -2.30. The molecule has 1 aromatic rings. The SMILES string of the molecule is COC(CC(C)(O)c1cccnc1N)OC. The predicted molar refractivity (Wildman–Crippen MR) is 60.6 cm³/mol. The molecule has 0 aliphatic rings. The van der Waals surface area contributed by atoms with Crippen LogP contribution in [-0.2, 0) is 15.1 Å². The molecule has 1 atom stereocenters. The maximum Gasteiger partial charge on any atom is 0.159 e. The number of nitrogens with two attached hydrogens (primary N) is 1. The molecule has 5 nitrogen and oxygen atoms in total. The van der Waals surface area contributed by atoms with Gasteiger partial charge in [-0.05, 0) is 13.0 Å². The zero-order valence-electron chi connectivity index (χ0n) is 9.80. The average molecular weight is 226 g/mol. The van der Waals surface area contributed by atoms with Gasteiger partial charge >= 0.3 is 0 Å². The number of methoxy groups -OCH3 is 2. The molecule has 1 rings (SSSR count). The number of ether oxygens (including phenoxy) is 2. The van der Waals surface area contributed by atoms with Gasteiger partial charge < -0.3 is 20.3 Å². The van der Waals surface area contributed by atoms with Crippen molar-refractivity contribution in [1.29, 1.82) is 0 Å². The fraction of sp³-hybridized carbons (Fsp3) is 0.545. The van der Waals surface area contributed by atoms with Crippen LogP contribution in [0.25, 0.3) is 0 Å². The van der Waals surface area contributed by atoms with Gasteiger partial charge in [-0.2, -0.15) is 0 Å². The summed E-state index contributed by atoms with van der Waals surface area (Å²) in [6, 6.07) is 3.47.